The van der Waals surface area contributed by atoms with Crippen LogP contribution in [0, 0.1) is 5.92 Å². The molecule has 0 fully saturated rings. The average molecular weight is 537 g/mol. The van der Waals surface area contributed by atoms with Gasteiger partial charge in [-0.2, -0.15) is 0 Å². The first-order valence-corrected chi connectivity index (χ1v) is 12.5. The zero-order chi connectivity index (χ0) is 28.8. The van der Waals surface area contributed by atoms with Crippen LogP contribution in [-0.2, 0) is 30.4 Å². The number of primary amides is 1. The Labute approximate surface area is 221 Å². The first-order valence-electron chi connectivity index (χ1n) is 12.5. The van der Waals surface area contributed by atoms with Crippen molar-refractivity contribution in [1.82, 2.24) is 16.0 Å². The Hall–Kier alpha value is -3.71. The molecule has 38 heavy (non-hydrogen) atoms. The highest BCUT2D eigenvalue weighted by molar-refractivity contribution is 5.94. The predicted octanol–water partition coefficient (Wildman–Crippen LogP) is -1.15. The Bertz CT molecular complexity index is 954. The molecule has 0 saturated carbocycles. The lowest BCUT2D eigenvalue weighted by Crippen LogP contribution is -2.58. The van der Waals surface area contributed by atoms with Gasteiger partial charge in [0.1, 0.15) is 23.9 Å². The lowest BCUT2D eigenvalue weighted by molar-refractivity contribution is -0.142. The number of benzene rings is 1. The summed E-state index contributed by atoms with van der Waals surface area (Å²) in [6, 6.07) is 1.46. The van der Waals surface area contributed by atoms with E-state index < -0.39 is 59.7 Å². The molecule has 0 saturated heterocycles. The molecule has 11 N–H and O–H groups in total. The third-order valence-corrected chi connectivity index (χ3v) is 5.86. The van der Waals surface area contributed by atoms with Crippen molar-refractivity contribution in [3.8, 4) is 5.75 Å². The molecule has 1 aromatic rings. The number of amides is 4. The minimum absolute atomic E-state index is 0.000216. The summed E-state index contributed by atoms with van der Waals surface area (Å²) < 4.78 is 0. The molecule has 0 bridgehead atoms. The van der Waals surface area contributed by atoms with E-state index in [0.717, 1.165) is 0 Å². The van der Waals surface area contributed by atoms with E-state index in [1.807, 2.05) is 0 Å². The maximum absolute atomic E-state index is 13.2. The number of carbonyl (C=O) groups is 5. The number of carboxylic acids is 1. The molecule has 0 aliphatic heterocycles. The zero-order valence-electron chi connectivity index (χ0n) is 21.8. The summed E-state index contributed by atoms with van der Waals surface area (Å²) >= 11 is 0. The third kappa shape index (κ3) is 11.6. The molecule has 13 nitrogen and oxygen atoms in total. The molecular weight excluding hydrogens is 496 g/mol. The van der Waals surface area contributed by atoms with Crippen LogP contribution in [0.5, 0.6) is 5.75 Å². The van der Waals surface area contributed by atoms with Crippen LogP contribution in [0.15, 0.2) is 24.3 Å². The van der Waals surface area contributed by atoms with Gasteiger partial charge < -0.3 is 43.4 Å². The molecule has 0 radical (unpaired) electrons. The van der Waals surface area contributed by atoms with Crippen molar-refractivity contribution in [3.05, 3.63) is 29.8 Å². The fourth-order valence-corrected chi connectivity index (χ4v) is 3.59. The average Bonchev–Trinajstić information content (AvgIpc) is 2.85. The molecule has 1 aromatic carbocycles. The molecule has 212 valence electrons. The topological polar surface area (TPSA) is 240 Å². The number of aliphatic carboxylic acids is 1. The van der Waals surface area contributed by atoms with Gasteiger partial charge in [-0.25, -0.2) is 4.79 Å². The Morgan fingerprint density at radius 1 is 0.868 bits per heavy atom. The van der Waals surface area contributed by atoms with Crippen LogP contribution in [0.2, 0.25) is 0 Å². The van der Waals surface area contributed by atoms with Crippen LogP contribution >= 0.6 is 0 Å². The van der Waals surface area contributed by atoms with Crippen molar-refractivity contribution in [2.45, 2.75) is 76.5 Å². The molecule has 0 unspecified atom stereocenters. The van der Waals surface area contributed by atoms with Crippen LogP contribution in [0.4, 0.5) is 0 Å². The Morgan fingerprint density at radius 3 is 2.00 bits per heavy atom. The molecule has 0 heterocycles. The summed E-state index contributed by atoms with van der Waals surface area (Å²) in [5.41, 5.74) is 17.0. The van der Waals surface area contributed by atoms with Crippen molar-refractivity contribution in [3.63, 3.8) is 0 Å². The second-order valence-corrected chi connectivity index (χ2v) is 9.46. The van der Waals surface area contributed by atoms with E-state index in [2.05, 4.69) is 16.0 Å². The Balaban J connectivity index is 3.08. The summed E-state index contributed by atoms with van der Waals surface area (Å²) in [7, 11) is 0. The van der Waals surface area contributed by atoms with Gasteiger partial charge in [0.2, 0.25) is 23.6 Å². The highest BCUT2D eigenvalue weighted by atomic mass is 16.4. The standard InChI is InChI=1S/C25H40N6O7/c1-14(2)21(31-22(34)17(27)10-11-20(28)33)24(36)30-19(13-15-6-8-16(32)9-7-15)23(35)29-18(25(37)38)5-3-4-12-26/h6-9,14,17-19,21,32H,3-5,10-13,26-27H2,1-2H3,(H2,28,33)(H,29,35)(H,30,36)(H,31,34)(H,37,38)/t17-,18-,19-,21-/m0/s1. The summed E-state index contributed by atoms with van der Waals surface area (Å²) in [4.78, 5) is 61.6. The number of phenolic OH excluding ortho intramolecular Hbond substituents is 1. The molecule has 13 heteroatoms. The smallest absolute Gasteiger partial charge is 0.326 e. The highest BCUT2D eigenvalue weighted by Crippen LogP contribution is 2.13. The third-order valence-electron chi connectivity index (χ3n) is 5.86. The Kier molecular flexibility index (Phi) is 13.8. The van der Waals surface area contributed by atoms with Crippen molar-refractivity contribution < 1.29 is 34.2 Å². The van der Waals surface area contributed by atoms with E-state index in [1.54, 1.807) is 26.0 Å². The largest absolute Gasteiger partial charge is 0.508 e. The first kappa shape index (κ1) is 32.3. The lowest BCUT2D eigenvalue weighted by atomic mass is 9.99. The molecule has 4 atom stereocenters. The van der Waals surface area contributed by atoms with Gasteiger partial charge in [-0.3, -0.25) is 19.2 Å². The van der Waals surface area contributed by atoms with E-state index in [9.17, 15) is 34.2 Å². The van der Waals surface area contributed by atoms with Crippen molar-refractivity contribution in [1.29, 1.82) is 0 Å². The van der Waals surface area contributed by atoms with Gasteiger partial charge in [0.15, 0.2) is 0 Å². The van der Waals surface area contributed by atoms with Crippen LogP contribution in [0.1, 0.15) is 51.5 Å². The number of nitrogens with two attached hydrogens (primary N) is 3. The van der Waals surface area contributed by atoms with Crippen molar-refractivity contribution >= 4 is 29.6 Å². The van der Waals surface area contributed by atoms with Crippen LogP contribution < -0.4 is 33.2 Å². The van der Waals surface area contributed by atoms with Gasteiger partial charge in [0, 0.05) is 12.8 Å². The zero-order valence-corrected chi connectivity index (χ0v) is 21.8. The number of nitrogens with one attached hydrogen (secondary N) is 3. The molecule has 1 rings (SSSR count). The Morgan fingerprint density at radius 2 is 1.47 bits per heavy atom. The van der Waals surface area contributed by atoms with Gasteiger partial charge in [-0.05, 0) is 55.8 Å². The molecule has 0 aliphatic carbocycles. The lowest BCUT2D eigenvalue weighted by Gasteiger charge is -2.27. The van der Waals surface area contributed by atoms with E-state index in [4.69, 9.17) is 17.2 Å². The van der Waals surface area contributed by atoms with Crippen molar-refractivity contribution in [2.75, 3.05) is 6.54 Å². The minimum atomic E-state index is -1.22. The van der Waals surface area contributed by atoms with E-state index in [0.29, 0.717) is 24.9 Å². The minimum Gasteiger partial charge on any atom is -0.508 e. The maximum atomic E-state index is 13.2. The molecule has 0 aliphatic rings. The number of hydrogen-bond donors (Lipinski definition) is 8. The van der Waals surface area contributed by atoms with E-state index >= 15 is 0 Å². The van der Waals surface area contributed by atoms with Crippen LogP contribution in [0.25, 0.3) is 0 Å². The number of unbranched alkanes of at least 4 members (excludes halogenated alkanes) is 1. The normalized spacial score (nSPS) is 14.1. The maximum Gasteiger partial charge on any atom is 0.326 e. The van der Waals surface area contributed by atoms with Gasteiger partial charge in [-0.1, -0.05) is 26.0 Å². The SMILES string of the molecule is CC(C)[C@H](NC(=O)[C@@H](N)CCC(N)=O)C(=O)N[C@@H](Cc1ccc(O)cc1)C(=O)N[C@@H](CCCCN)C(=O)O. The number of phenols is 1. The van der Waals surface area contributed by atoms with Crippen molar-refractivity contribution in [2.24, 2.45) is 23.1 Å². The van der Waals surface area contributed by atoms with Crippen LogP contribution in [0.3, 0.4) is 0 Å². The fourth-order valence-electron chi connectivity index (χ4n) is 3.59. The highest BCUT2D eigenvalue weighted by Gasteiger charge is 2.31. The number of hydrogen-bond acceptors (Lipinski definition) is 8. The van der Waals surface area contributed by atoms with E-state index in [-0.39, 0.29) is 31.4 Å². The molecular formula is C25H40N6O7. The predicted molar refractivity (Wildman–Crippen MR) is 139 cm³/mol. The molecule has 0 spiro atoms. The second kappa shape index (κ2) is 16.2. The van der Waals surface area contributed by atoms with Crippen LogP contribution in [-0.4, -0.2) is 70.5 Å². The molecule has 0 aromatic heterocycles. The molecule has 4 amide bonds. The number of carboxylic acid groups (broad SMARTS) is 1. The number of carbonyl (C=O) groups excluding carboxylic acids is 4. The number of rotatable bonds is 17. The monoisotopic (exact) mass is 536 g/mol. The number of aromatic hydroxyl groups is 1. The van der Waals surface area contributed by atoms with Gasteiger partial charge in [0.05, 0.1) is 6.04 Å². The second-order valence-electron chi connectivity index (χ2n) is 9.46. The van der Waals surface area contributed by atoms with Gasteiger partial charge in [-0.15, -0.1) is 0 Å². The van der Waals surface area contributed by atoms with E-state index in [1.165, 1.54) is 12.1 Å². The quantitative estimate of drug-likeness (QED) is 0.112. The van der Waals surface area contributed by atoms with Gasteiger partial charge >= 0.3 is 5.97 Å². The summed E-state index contributed by atoms with van der Waals surface area (Å²) in [6.45, 7) is 3.76. The summed E-state index contributed by atoms with van der Waals surface area (Å²) in [5, 5.41) is 26.7. The fraction of sp³-hybridized carbons (Fsp3) is 0.560. The first-order chi connectivity index (χ1) is 17.8. The summed E-state index contributed by atoms with van der Waals surface area (Å²) in [6.07, 6.45) is 1.12. The van der Waals surface area contributed by atoms with Gasteiger partial charge in [0.25, 0.3) is 0 Å². The summed E-state index contributed by atoms with van der Waals surface area (Å²) in [5.74, 6) is -4.28.